The molecule has 0 bridgehead atoms. The van der Waals surface area contributed by atoms with Gasteiger partial charge in [-0.1, -0.05) is 30.3 Å². The van der Waals surface area contributed by atoms with E-state index in [1.807, 2.05) is 29.6 Å². The van der Waals surface area contributed by atoms with Crippen molar-refractivity contribution in [2.75, 3.05) is 11.5 Å². The second-order valence-electron chi connectivity index (χ2n) is 4.39. The van der Waals surface area contributed by atoms with Crippen molar-refractivity contribution in [1.82, 2.24) is 0 Å². The molecule has 1 aromatic carbocycles. The van der Waals surface area contributed by atoms with Gasteiger partial charge in [0.15, 0.2) is 0 Å². The van der Waals surface area contributed by atoms with Gasteiger partial charge in [0.1, 0.15) is 5.78 Å². The van der Waals surface area contributed by atoms with Gasteiger partial charge in [0.2, 0.25) is 0 Å². The molecule has 0 saturated carbocycles. The van der Waals surface area contributed by atoms with Crippen LogP contribution < -0.4 is 0 Å². The average molecular weight is 266 g/mol. The maximum atomic E-state index is 11.5. The lowest BCUT2D eigenvalue weighted by Crippen LogP contribution is -2.19. The smallest absolute Gasteiger partial charge is 0.130 e. The van der Waals surface area contributed by atoms with E-state index >= 15 is 0 Å². The molecule has 1 aliphatic rings. The Labute approximate surface area is 112 Å². The van der Waals surface area contributed by atoms with Crippen LogP contribution in [0.4, 0.5) is 0 Å². The largest absolute Gasteiger partial charge is 0.300 e. The average Bonchev–Trinajstić information content (AvgIpc) is 2.38. The topological polar surface area (TPSA) is 17.1 Å². The number of hydrogen-bond acceptors (Lipinski definition) is 3. The van der Waals surface area contributed by atoms with Crippen LogP contribution in [0.25, 0.3) is 0 Å². The highest BCUT2D eigenvalue weighted by molar-refractivity contribution is 8.17. The fraction of sp³-hybridized carbons (Fsp3) is 0.500. The second kappa shape index (κ2) is 6.50. The fourth-order valence-corrected chi connectivity index (χ4v) is 5.32. The van der Waals surface area contributed by atoms with E-state index in [2.05, 4.69) is 24.3 Å². The Balaban J connectivity index is 2.15. The fourth-order valence-electron chi connectivity index (χ4n) is 2.12. The lowest BCUT2D eigenvalue weighted by molar-refractivity contribution is -0.117. The van der Waals surface area contributed by atoms with E-state index in [-0.39, 0.29) is 0 Å². The summed E-state index contributed by atoms with van der Waals surface area (Å²) in [6.45, 7) is 1.70. The number of thioether (sulfide) groups is 2. The minimum atomic E-state index is 0.297. The Morgan fingerprint density at radius 2 is 1.94 bits per heavy atom. The Hall–Kier alpha value is -0.410. The number of ketones is 1. The Morgan fingerprint density at radius 1 is 1.29 bits per heavy atom. The first-order valence-corrected chi connectivity index (χ1v) is 8.14. The van der Waals surface area contributed by atoms with Crippen molar-refractivity contribution in [2.24, 2.45) is 0 Å². The quantitative estimate of drug-likeness (QED) is 0.821. The van der Waals surface area contributed by atoms with Gasteiger partial charge in [-0.25, -0.2) is 0 Å². The molecule has 3 heteroatoms. The Bertz CT molecular complexity index is 358. The van der Waals surface area contributed by atoms with Crippen LogP contribution in [0.15, 0.2) is 30.3 Å². The van der Waals surface area contributed by atoms with E-state index in [9.17, 15) is 4.79 Å². The van der Waals surface area contributed by atoms with Crippen LogP contribution in [0.3, 0.4) is 0 Å². The van der Waals surface area contributed by atoms with Crippen LogP contribution in [-0.4, -0.2) is 21.9 Å². The van der Waals surface area contributed by atoms with Gasteiger partial charge in [0.25, 0.3) is 0 Å². The predicted octanol–water partition coefficient (Wildman–Crippen LogP) is 3.95. The van der Waals surface area contributed by atoms with Crippen molar-refractivity contribution in [3.8, 4) is 0 Å². The van der Waals surface area contributed by atoms with Crippen molar-refractivity contribution in [2.45, 2.75) is 30.3 Å². The number of carbonyl (C=O) groups excluding carboxylic acids is 1. The first kappa shape index (κ1) is 13.0. The highest BCUT2D eigenvalue weighted by atomic mass is 32.2. The molecule has 1 saturated heterocycles. The maximum absolute atomic E-state index is 11.5. The zero-order valence-electron chi connectivity index (χ0n) is 10.1. The van der Waals surface area contributed by atoms with Gasteiger partial charge >= 0.3 is 0 Å². The van der Waals surface area contributed by atoms with E-state index in [0.717, 1.165) is 0 Å². The van der Waals surface area contributed by atoms with Crippen LogP contribution in [0, 0.1) is 0 Å². The van der Waals surface area contributed by atoms with Gasteiger partial charge in [0.05, 0.1) is 4.58 Å². The maximum Gasteiger partial charge on any atom is 0.130 e. The molecule has 1 fully saturated rings. The summed E-state index contributed by atoms with van der Waals surface area (Å²) >= 11 is 4.04. The van der Waals surface area contributed by atoms with E-state index in [1.54, 1.807) is 6.92 Å². The SMILES string of the molecule is CC(=O)C[C@H](c1ccccc1)C1SCCCS1. The molecule has 0 radical (unpaired) electrons. The molecular formula is C14H18OS2. The Kier molecular flexibility index (Phi) is 4.99. The molecule has 1 nitrogen and oxygen atoms in total. The van der Waals surface area contributed by atoms with Crippen LogP contribution in [0.5, 0.6) is 0 Å². The first-order chi connectivity index (χ1) is 8.27. The summed E-state index contributed by atoms with van der Waals surface area (Å²) in [5, 5.41) is 0. The van der Waals surface area contributed by atoms with Crippen molar-refractivity contribution in [3.05, 3.63) is 35.9 Å². The highest BCUT2D eigenvalue weighted by Gasteiger charge is 2.27. The summed E-state index contributed by atoms with van der Waals surface area (Å²) < 4.78 is 0.551. The summed E-state index contributed by atoms with van der Waals surface area (Å²) in [6, 6.07) is 10.5. The van der Waals surface area contributed by atoms with Gasteiger partial charge < -0.3 is 4.79 Å². The molecule has 0 N–H and O–H groups in total. The molecule has 1 atom stereocenters. The normalized spacial score (nSPS) is 18.9. The molecule has 2 rings (SSSR count). The third-order valence-corrected chi connectivity index (χ3v) is 6.10. The lowest BCUT2D eigenvalue weighted by atomic mass is 9.96. The summed E-state index contributed by atoms with van der Waals surface area (Å²) in [6.07, 6.45) is 1.97. The van der Waals surface area contributed by atoms with Crippen LogP contribution in [0.2, 0.25) is 0 Å². The van der Waals surface area contributed by atoms with Crippen LogP contribution in [-0.2, 0) is 4.79 Å². The van der Waals surface area contributed by atoms with E-state index in [1.165, 1.54) is 23.5 Å². The number of benzene rings is 1. The Morgan fingerprint density at radius 3 is 2.53 bits per heavy atom. The number of carbonyl (C=O) groups is 1. The molecular weight excluding hydrogens is 248 g/mol. The number of Topliss-reactive ketones (excluding diaryl/α,β-unsaturated/α-hetero) is 1. The molecule has 1 heterocycles. The molecule has 0 aromatic heterocycles. The summed E-state index contributed by atoms with van der Waals surface area (Å²) in [5.74, 6) is 3.15. The van der Waals surface area contributed by atoms with Crippen molar-refractivity contribution < 1.29 is 4.79 Å². The van der Waals surface area contributed by atoms with Gasteiger partial charge in [-0.2, -0.15) is 0 Å². The van der Waals surface area contributed by atoms with Crippen molar-refractivity contribution in [3.63, 3.8) is 0 Å². The minimum Gasteiger partial charge on any atom is -0.300 e. The number of rotatable bonds is 4. The third kappa shape index (κ3) is 3.78. The summed E-state index contributed by atoms with van der Waals surface area (Å²) in [7, 11) is 0. The second-order valence-corrected chi connectivity index (χ2v) is 7.18. The first-order valence-electron chi connectivity index (χ1n) is 6.05. The molecule has 0 aliphatic carbocycles. The molecule has 0 unspecified atom stereocenters. The minimum absolute atomic E-state index is 0.297. The van der Waals surface area contributed by atoms with Gasteiger partial charge in [-0.3, -0.25) is 0 Å². The van der Waals surface area contributed by atoms with Gasteiger partial charge in [0, 0.05) is 12.3 Å². The summed E-state index contributed by atoms with van der Waals surface area (Å²) in [5.41, 5.74) is 1.31. The predicted molar refractivity (Wildman–Crippen MR) is 77.8 cm³/mol. The van der Waals surface area contributed by atoms with E-state index < -0.39 is 0 Å². The standard InChI is InChI=1S/C14H18OS2/c1-11(15)10-13(12-6-3-2-4-7-12)14-16-8-5-9-17-14/h2-4,6-7,13-14H,5,8-10H2,1H3/t13-/m1/s1. The zero-order chi connectivity index (χ0) is 12.1. The van der Waals surface area contributed by atoms with E-state index in [4.69, 9.17) is 0 Å². The lowest BCUT2D eigenvalue weighted by Gasteiger charge is -2.29. The van der Waals surface area contributed by atoms with Crippen LogP contribution in [0.1, 0.15) is 31.2 Å². The summed E-state index contributed by atoms with van der Waals surface area (Å²) in [4.78, 5) is 11.5. The number of hydrogen-bond donors (Lipinski definition) is 0. The molecule has 1 aromatic rings. The van der Waals surface area contributed by atoms with Gasteiger partial charge in [-0.05, 0) is 30.4 Å². The molecule has 92 valence electrons. The van der Waals surface area contributed by atoms with Gasteiger partial charge in [-0.15, -0.1) is 23.5 Å². The molecule has 0 amide bonds. The molecule has 1 aliphatic heterocycles. The van der Waals surface area contributed by atoms with Crippen molar-refractivity contribution >= 4 is 29.3 Å². The molecule has 0 spiro atoms. The van der Waals surface area contributed by atoms with Crippen molar-refractivity contribution in [1.29, 1.82) is 0 Å². The van der Waals surface area contributed by atoms with E-state index in [0.29, 0.717) is 22.7 Å². The van der Waals surface area contributed by atoms with Crippen LogP contribution >= 0.6 is 23.5 Å². The third-order valence-electron chi connectivity index (χ3n) is 2.92. The monoisotopic (exact) mass is 266 g/mol. The zero-order valence-corrected chi connectivity index (χ0v) is 11.7. The highest BCUT2D eigenvalue weighted by Crippen LogP contribution is 2.42. The molecule has 17 heavy (non-hydrogen) atoms.